The lowest BCUT2D eigenvalue weighted by molar-refractivity contribution is 0.0952. The number of benzene rings is 2. The lowest BCUT2D eigenvalue weighted by Crippen LogP contribution is -2.23. The van der Waals surface area contributed by atoms with Gasteiger partial charge in [0.2, 0.25) is 0 Å². The molecule has 4 aromatic rings. The van der Waals surface area contributed by atoms with Gasteiger partial charge in [0, 0.05) is 42.9 Å². The second-order valence-electron chi connectivity index (χ2n) is 7.10. The van der Waals surface area contributed by atoms with Crippen LogP contribution in [-0.2, 0) is 19.5 Å². The van der Waals surface area contributed by atoms with Crippen LogP contribution in [0, 0.1) is 0 Å². The number of carbonyl (C=O) groups is 1. The number of para-hydroxylation sites is 1. The molecule has 1 N–H and O–H groups in total. The second kappa shape index (κ2) is 6.93. The Kier molecular flexibility index (Phi) is 4.13. The number of amides is 1. The molecule has 0 fully saturated rings. The summed E-state index contributed by atoms with van der Waals surface area (Å²) in [5.74, 6) is 1.05. The molecule has 0 saturated carbocycles. The van der Waals surface area contributed by atoms with Gasteiger partial charge in [-0.15, -0.1) is 0 Å². The fourth-order valence-electron chi connectivity index (χ4n) is 3.80. The summed E-state index contributed by atoms with van der Waals surface area (Å²) in [6.45, 7) is 1.51. The van der Waals surface area contributed by atoms with Gasteiger partial charge in [0.05, 0.1) is 16.8 Å². The molecule has 0 saturated heterocycles. The molecule has 0 radical (unpaired) electrons. The molecule has 1 aliphatic heterocycles. The summed E-state index contributed by atoms with van der Waals surface area (Å²) in [7, 11) is 0. The Morgan fingerprint density at radius 2 is 2.00 bits per heavy atom. The lowest BCUT2D eigenvalue weighted by Gasteiger charge is -2.08. The predicted molar refractivity (Wildman–Crippen MR) is 109 cm³/mol. The number of aryl methyl sites for hydroxylation is 2. The second-order valence-corrected chi connectivity index (χ2v) is 7.10. The van der Waals surface area contributed by atoms with E-state index in [2.05, 4.69) is 33.2 Å². The minimum Gasteiger partial charge on any atom is -0.348 e. The highest BCUT2D eigenvalue weighted by Gasteiger charge is 2.15. The van der Waals surface area contributed by atoms with Crippen LogP contribution in [0.3, 0.4) is 0 Å². The normalized spacial score (nSPS) is 12.9. The standard InChI is InChI=1S/C23H20N4O/c28-23(19-9-2-6-17-8-3-11-24-22(17)19)25-14-16-5-1-7-18(13-16)20-15-27-12-4-10-21(27)26-20/h1-3,5-9,11,13,15H,4,10,12,14H2,(H,25,28). The van der Waals surface area contributed by atoms with E-state index in [1.54, 1.807) is 6.20 Å². The Balaban J connectivity index is 1.34. The Morgan fingerprint density at radius 1 is 1.11 bits per heavy atom. The van der Waals surface area contributed by atoms with Crippen molar-refractivity contribution in [2.24, 2.45) is 0 Å². The van der Waals surface area contributed by atoms with Crippen LogP contribution in [0.5, 0.6) is 0 Å². The van der Waals surface area contributed by atoms with Crippen molar-refractivity contribution in [1.82, 2.24) is 19.9 Å². The molecule has 0 bridgehead atoms. The quantitative estimate of drug-likeness (QED) is 0.593. The smallest absolute Gasteiger partial charge is 0.253 e. The Labute approximate surface area is 163 Å². The summed E-state index contributed by atoms with van der Waals surface area (Å²) in [6, 6.07) is 17.7. The molecule has 2 aromatic heterocycles. The van der Waals surface area contributed by atoms with E-state index in [-0.39, 0.29) is 5.91 Å². The summed E-state index contributed by atoms with van der Waals surface area (Å²) >= 11 is 0. The van der Waals surface area contributed by atoms with Gasteiger partial charge >= 0.3 is 0 Å². The third-order valence-electron chi connectivity index (χ3n) is 5.21. The minimum absolute atomic E-state index is 0.115. The van der Waals surface area contributed by atoms with Gasteiger partial charge in [0.25, 0.3) is 5.91 Å². The van der Waals surface area contributed by atoms with Crippen molar-refractivity contribution in [3.05, 3.63) is 83.9 Å². The average Bonchev–Trinajstić information content (AvgIpc) is 3.34. The Hall–Kier alpha value is -3.47. The van der Waals surface area contributed by atoms with Gasteiger partial charge in [-0.05, 0) is 30.2 Å². The Morgan fingerprint density at radius 3 is 2.93 bits per heavy atom. The number of hydrogen-bond donors (Lipinski definition) is 1. The van der Waals surface area contributed by atoms with Crippen molar-refractivity contribution >= 4 is 16.8 Å². The van der Waals surface area contributed by atoms with Crippen molar-refractivity contribution in [1.29, 1.82) is 0 Å². The molecule has 0 spiro atoms. The molecule has 5 heteroatoms. The third kappa shape index (κ3) is 3.05. The van der Waals surface area contributed by atoms with Gasteiger partial charge in [0.1, 0.15) is 5.82 Å². The van der Waals surface area contributed by atoms with Gasteiger partial charge in [-0.1, -0.05) is 36.4 Å². The zero-order valence-electron chi connectivity index (χ0n) is 15.4. The molecule has 0 unspecified atom stereocenters. The topological polar surface area (TPSA) is 59.8 Å². The number of aromatic nitrogens is 3. The highest BCUT2D eigenvalue weighted by atomic mass is 16.1. The van der Waals surface area contributed by atoms with Crippen LogP contribution >= 0.6 is 0 Å². The maximum absolute atomic E-state index is 12.7. The number of hydrogen-bond acceptors (Lipinski definition) is 3. The van der Waals surface area contributed by atoms with Crippen LogP contribution in [0.4, 0.5) is 0 Å². The molecule has 5 nitrogen and oxygen atoms in total. The molecule has 1 aliphatic rings. The molecular formula is C23H20N4O. The SMILES string of the molecule is O=C(NCc1cccc(-c2cn3c(n2)CCC3)c1)c1cccc2cccnc12. The van der Waals surface area contributed by atoms with Crippen LogP contribution in [0.2, 0.25) is 0 Å². The molecule has 5 rings (SSSR count). The molecule has 138 valence electrons. The summed E-state index contributed by atoms with van der Waals surface area (Å²) in [5, 5.41) is 3.98. The highest BCUT2D eigenvalue weighted by molar-refractivity contribution is 6.05. The number of rotatable bonds is 4. The van der Waals surface area contributed by atoms with Gasteiger partial charge in [0.15, 0.2) is 0 Å². The molecule has 2 aromatic carbocycles. The fourth-order valence-corrected chi connectivity index (χ4v) is 3.80. The molecule has 3 heterocycles. The minimum atomic E-state index is -0.115. The molecule has 28 heavy (non-hydrogen) atoms. The number of nitrogens with one attached hydrogen (secondary N) is 1. The van der Waals surface area contributed by atoms with Crippen LogP contribution < -0.4 is 5.32 Å². The summed E-state index contributed by atoms with van der Waals surface area (Å²) in [4.78, 5) is 21.8. The average molecular weight is 368 g/mol. The molecular weight excluding hydrogens is 348 g/mol. The summed E-state index contributed by atoms with van der Waals surface area (Å²) in [5.41, 5.74) is 4.46. The summed E-state index contributed by atoms with van der Waals surface area (Å²) < 4.78 is 2.23. The van der Waals surface area contributed by atoms with Crippen LogP contribution in [0.1, 0.15) is 28.2 Å². The van der Waals surface area contributed by atoms with E-state index in [0.717, 1.165) is 46.5 Å². The monoisotopic (exact) mass is 368 g/mol. The maximum atomic E-state index is 12.7. The van der Waals surface area contributed by atoms with Crippen molar-refractivity contribution in [3.8, 4) is 11.3 Å². The number of pyridine rings is 1. The summed E-state index contributed by atoms with van der Waals surface area (Å²) in [6.07, 6.45) is 6.07. The first-order chi connectivity index (χ1) is 13.8. The van der Waals surface area contributed by atoms with Crippen molar-refractivity contribution in [3.63, 3.8) is 0 Å². The van der Waals surface area contributed by atoms with Gasteiger partial charge in [-0.25, -0.2) is 4.98 Å². The fraction of sp³-hybridized carbons (Fsp3) is 0.174. The van der Waals surface area contributed by atoms with Gasteiger partial charge < -0.3 is 9.88 Å². The largest absolute Gasteiger partial charge is 0.348 e. The van der Waals surface area contributed by atoms with Crippen molar-refractivity contribution in [2.45, 2.75) is 25.9 Å². The third-order valence-corrected chi connectivity index (χ3v) is 5.21. The van der Waals surface area contributed by atoms with E-state index < -0.39 is 0 Å². The molecule has 0 aliphatic carbocycles. The molecule has 0 atom stereocenters. The van der Waals surface area contributed by atoms with E-state index >= 15 is 0 Å². The van der Waals surface area contributed by atoms with Gasteiger partial charge in [-0.2, -0.15) is 0 Å². The first kappa shape index (κ1) is 16.7. The number of nitrogens with zero attached hydrogens (tertiary/aromatic N) is 3. The molecule has 1 amide bonds. The van der Waals surface area contributed by atoms with E-state index in [1.165, 1.54) is 6.42 Å². The van der Waals surface area contributed by atoms with E-state index in [0.29, 0.717) is 12.1 Å². The van der Waals surface area contributed by atoms with Crippen molar-refractivity contribution < 1.29 is 4.79 Å². The van der Waals surface area contributed by atoms with Crippen LogP contribution in [-0.4, -0.2) is 20.4 Å². The number of fused-ring (bicyclic) bond motifs is 2. The Bertz CT molecular complexity index is 1150. The predicted octanol–water partition coefficient (Wildman–Crippen LogP) is 3.97. The zero-order chi connectivity index (χ0) is 18.9. The zero-order valence-corrected chi connectivity index (χ0v) is 15.4. The van der Waals surface area contributed by atoms with Gasteiger partial charge in [-0.3, -0.25) is 9.78 Å². The van der Waals surface area contributed by atoms with E-state index in [4.69, 9.17) is 4.98 Å². The maximum Gasteiger partial charge on any atom is 0.253 e. The van der Waals surface area contributed by atoms with Crippen LogP contribution in [0.15, 0.2) is 67.0 Å². The number of carbonyl (C=O) groups excluding carboxylic acids is 1. The first-order valence-electron chi connectivity index (χ1n) is 9.55. The lowest BCUT2D eigenvalue weighted by atomic mass is 10.1. The number of imidazole rings is 1. The first-order valence-corrected chi connectivity index (χ1v) is 9.55. The van der Waals surface area contributed by atoms with E-state index in [9.17, 15) is 4.79 Å². The van der Waals surface area contributed by atoms with Crippen LogP contribution in [0.25, 0.3) is 22.2 Å². The highest BCUT2D eigenvalue weighted by Crippen LogP contribution is 2.23. The van der Waals surface area contributed by atoms with E-state index in [1.807, 2.05) is 42.5 Å². The van der Waals surface area contributed by atoms with Crippen molar-refractivity contribution in [2.75, 3.05) is 0 Å².